The molecule has 5 N–H and O–H groups in total. The Labute approximate surface area is 172 Å². The fourth-order valence-corrected chi connectivity index (χ4v) is 4.71. The lowest BCUT2D eigenvalue weighted by atomic mass is 9.86. The molecule has 1 saturated heterocycles. The molecule has 5 atom stereocenters. The van der Waals surface area contributed by atoms with E-state index >= 15 is 0 Å². The van der Waals surface area contributed by atoms with Crippen LogP contribution in [0.5, 0.6) is 0 Å². The zero-order valence-corrected chi connectivity index (χ0v) is 18.0. The Morgan fingerprint density at radius 2 is 1.76 bits per heavy atom. The van der Waals surface area contributed by atoms with Crippen molar-refractivity contribution in [1.82, 2.24) is 10.2 Å². The van der Waals surface area contributed by atoms with Crippen molar-refractivity contribution < 1.29 is 19.2 Å². The van der Waals surface area contributed by atoms with E-state index in [1.807, 2.05) is 20.8 Å². The van der Waals surface area contributed by atoms with Gasteiger partial charge in [-0.1, -0.05) is 47.5 Å². The second kappa shape index (κ2) is 7.07. The molecule has 1 heterocycles. The molecule has 0 spiro atoms. The highest BCUT2D eigenvalue weighted by Crippen LogP contribution is 2.65. The molecule has 3 fully saturated rings. The van der Waals surface area contributed by atoms with E-state index in [2.05, 4.69) is 19.2 Å². The van der Waals surface area contributed by atoms with E-state index in [1.165, 1.54) is 0 Å². The average molecular weight is 407 g/mol. The number of fused-ring (bicyclic) bond motifs is 1. The standard InChI is InChI=1S/C21H34N4O4/c1-20(2,3)16(22)19(29)25-9-11-13(21(11,4)5)14(25)18(28)24-12(8-10-6-7-10)15(26)17(23)27/h10-14,16H,6-9,22H2,1-5H3,(H2,23,27)(H,24,28)/t11-,12?,13?,14-,16?/m0/s1. The number of carbonyl (C=O) groups is 4. The molecule has 2 saturated carbocycles. The van der Waals surface area contributed by atoms with Gasteiger partial charge in [-0.2, -0.15) is 0 Å². The third-order valence-electron chi connectivity index (χ3n) is 7.10. The zero-order valence-electron chi connectivity index (χ0n) is 18.0. The summed E-state index contributed by atoms with van der Waals surface area (Å²) in [6, 6.07) is -2.34. The second-order valence-electron chi connectivity index (χ2n) is 10.7. The highest BCUT2D eigenvalue weighted by atomic mass is 16.2. The molecule has 0 aromatic rings. The van der Waals surface area contributed by atoms with Gasteiger partial charge in [-0.15, -0.1) is 0 Å². The first-order valence-electron chi connectivity index (χ1n) is 10.5. The van der Waals surface area contributed by atoms with Crippen LogP contribution < -0.4 is 16.8 Å². The third-order valence-corrected chi connectivity index (χ3v) is 7.10. The lowest BCUT2D eigenvalue weighted by Gasteiger charge is -2.36. The predicted octanol–water partition coefficient (Wildman–Crippen LogP) is 0.182. The summed E-state index contributed by atoms with van der Waals surface area (Å²) < 4.78 is 0. The Balaban J connectivity index is 1.79. The summed E-state index contributed by atoms with van der Waals surface area (Å²) in [5.74, 6) is -1.90. The number of Topliss-reactive ketones (excluding diaryl/α,β-unsaturated/α-hetero) is 1. The molecule has 3 amide bonds. The number of carbonyl (C=O) groups excluding carboxylic acids is 4. The fourth-order valence-electron chi connectivity index (χ4n) is 4.71. The summed E-state index contributed by atoms with van der Waals surface area (Å²) >= 11 is 0. The topological polar surface area (TPSA) is 136 Å². The molecular weight excluding hydrogens is 372 g/mol. The number of piperidine rings is 1. The van der Waals surface area contributed by atoms with Gasteiger partial charge in [0, 0.05) is 6.54 Å². The molecule has 29 heavy (non-hydrogen) atoms. The first-order chi connectivity index (χ1) is 13.3. The maximum atomic E-state index is 13.2. The van der Waals surface area contributed by atoms with E-state index in [-0.39, 0.29) is 23.2 Å². The lowest BCUT2D eigenvalue weighted by Crippen LogP contribution is -2.59. The summed E-state index contributed by atoms with van der Waals surface area (Å²) in [5.41, 5.74) is 10.9. The van der Waals surface area contributed by atoms with Crippen LogP contribution in [-0.2, 0) is 19.2 Å². The minimum atomic E-state index is -1.05. The van der Waals surface area contributed by atoms with Crippen LogP contribution in [0.15, 0.2) is 0 Å². The van der Waals surface area contributed by atoms with Crippen LogP contribution in [0.4, 0.5) is 0 Å². The molecule has 0 bridgehead atoms. The molecule has 8 nitrogen and oxygen atoms in total. The van der Waals surface area contributed by atoms with Crippen molar-refractivity contribution in [2.24, 2.45) is 40.1 Å². The number of hydrogen-bond acceptors (Lipinski definition) is 5. The molecule has 3 unspecified atom stereocenters. The molecule has 8 heteroatoms. The van der Waals surface area contributed by atoms with Gasteiger partial charge >= 0.3 is 0 Å². The van der Waals surface area contributed by atoms with Crippen LogP contribution in [0.2, 0.25) is 0 Å². The van der Waals surface area contributed by atoms with Crippen molar-refractivity contribution >= 4 is 23.5 Å². The SMILES string of the molecule is CC(C)(C)C(N)C(=O)N1C[C@H]2C([C@H]1C(=O)NC(CC1CC1)C(=O)C(N)=O)C2(C)C. The summed E-state index contributed by atoms with van der Waals surface area (Å²) in [6.07, 6.45) is 2.36. The summed E-state index contributed by atoms with van der Waals surface area (Å²) in [7, 11) is 0. The van der Waals surface area contributed by atoms with E-state index in [0.717, 1.165) is 12.8 Å². The summed E-state index contributed by atoms with van der Waals surface area (Å²) in [5, 5.41) is 2.74. The van der Waals surface area contributed by atoms with Crippen LogP contribution in [0.3, 0.4) is 0 Å². The lowest BCUT2D eigenvalue weighted by molar-refractivity contribution is -0.144. The van der Waals surface area contributed by atoms with E-state index in [9.17, 15) is 19.2 Å². The van der Waals surface area contributed by atoms with Gasteiger partial charge in [0.1, 0.15) is 6.04 Å². The van der Waals surface area contributed by atoms with Crippen LogP contribution in [0, 0.1) is 28.6 Å². The maximum absolute atomic E-state index is 13.2. The van der Waals surface area contributed by atoms with Gasteiger partial charge in [0.15, 0.2) is 0 Å². The van der Waals surface area contributed by atoms with Crippen LogP contribution in [0.25, 0.3) is 0 Å². The third kappa shape index (κ3) is 4.04. The van der Waals surface area contributed by atoms with Crippen molar-refractivity contribution in [1.29, 1.82) is 0 Å². The summed E-state index contributed by atoms with van der Waals surface area (Å²) in [6.45, 7) is 10.3. The molecular formula is C21H34N4O4. The van der Waals surface area contributed by atoms with Gasteiger partial charge in [-0.3, -0.25) is 19.2 Å². The van der Waals surface area contributed by atoms with Crippen molar-refractivity contribution in [2.75, 3.05) is 6.54 Å². The molecule has 3 aliphatic rings. The predicted molar refractivity (Wildman–Crippen MR) is 107 cm³/mol. The number of rotatable bonds is 7. The minimum Gasteiger partial charge on any atom is -0.363 e. The second-order valence-corrected chi connectivity index (χ2v) is 10.7. The monoisotopic (exact) mass is 406 g/mol. The normalized spacial score (nSPS) is 29.6. The van der Waals surface area contributed by atoms with Gasteiger partial charge < -0.3 is 21.7 Å². The quantitative estimate of drug-likeness (QED) is 0.518. The number of nitrogens with zero attached hydrogens (tertiary/aromatic N) is 1. The number of primary amides is 1. The van der Waals surface area contributed by atoms with Crippen LogP contribution in [0.1, 0.15) is 53.9 Å². The Bertz CT molecular complexity index is 737. The molecule has 0 radical (unpaired) electrons. The van der Waals surface area contributed by atoms with Gasteiger partial charge in [0.25, 0.3) is 5.91 Å². The smallest absolute Gasteiger partial charge is 0.287 e. The van der Waals surface area contributed by atoms with Crippen molar-refractivity contribution in [3.05, 3.63) is 0 Å². The molecule has 2 aliphatic carbocycles. The van der Waals surface area contributed by atoms with E-state index < -0.39 is 41.1 Å². The number of ketones is 1. The highest BCUT2D eigenvalue weighted by molar-refractivity contribution is 6.37. The Kier molecular flexibility index (Phi) is 5.30. The Hall–Kier alpha value is -1.96. The molecule has 3 rings (SSSR count). The zero-order chi connectivity index (χ0) is 21.9. The summed E-state index contributed by atoms with van der Waals surface area (Å²) in [4.78, 5) is 51.6. The number of nitrogens with two attached hydrogens (primary N) is 2. The largest absolute Gasteiger partial charge is 0.363 e. The van der Waals surface area contributed by atoms with Crippen LogP contribution in [-0.4, -0.2) is 53.1 Å². The highest BCUT2D eigenvalue weighted by Gasteiger charge is 2.69. The average Bonchev–Trinajstić information content (AvgIpc) is 3.45. The first-order valence-corrected chi connectivity index (χ1v) is 10.5. The number of amides is 3. The minimum absolute atomic E-state index is 0.0175. The van der Waals surface area contributed by atoms with Crippen molar-refractivity contribution in [2.45, 2.75) is 72.0 Å². The number of hydrogen-bond donors (Lipinski definition) is 3. The molecule has 0 aromatic heterocycles. The van der Waals surface area contributed by atoms with Gasteiger partial charge in [-0.25, -0.2) is 0 Å². The molecule has 1 aliphatic heterocycles. The maximum Gasteiger partial charge on any atom is 0.287 e. The van der Waals surface area contributed by atoms with Gasteiger partial charge in [0.05, 0.1) is 12.1 Å². The van der Waals surface area contributed by atoms with E-state index in [1.54, 1.807) is 4.90 Å². The van der Waals surface area contributed by atoms with Crippen molar-refractivity contribution in [3.63, 3.8) is 0 Å². The molecule has 162 valence electrons. The Morgan fingerprint density at radius 1 is 1.17 bits per heavy atom. The first kappa shape index (κ1) is 21.7. The van der Waals surface area contributed by atoms with E-state index in [0.29, 0.717) is 18.9 Å². The van der Waals surface area contributed by atoms with Crippen molar-refractivity contribution in [3.8, 4) is 0 Å². The van der Waals surface area contributed by atoms with Gasteiger partial charge in [0.2, 0.25) is 17.6 Å². The molecule has 0 aromatic carbocycles. The Morgan fingerprint density at radius 3 is 2.24 bits per heavy atom. The number of likely N-dealkylation sites (tertiary alicyclic amines) is 1. The fraction of sp³-hybridized carbons (Fsp3) is 0.810. The number of nitrogens with one attached hydrogen (secondary N) is 1. The van der Waals surface area contributed by atoms with E-state index in [4.69, 9.17) is 11.5 Å². The van der Waals surface area contributed by atoms with Crippen LogP contribution >= 0.6 is 0 Å². The van der Waals surface area contributed by atoms with Gasteiger partial charge in [-0.05, 0) is 35.0 Å².